The van der Waals surface area contributed by atoms with Crippen molar-refractivity contribution in [3.8, 4) is 5.75 Å². The molecular formula is C15H20ClNO2. The van der Waals surface area contributed by atoms with Gasteiger partial charge in [-0.1, -0.05) is 37.8 Å². The summed E-state index contributed by atoms with van der Waals surface area (Å²) >= 11 is 5.80. The third-order valence-electron chi connectivity index (χ3n) is 4.02. The van der Waals surface area contributed by atoms with Gasteiger partial charge in [-0.25, -0.2) is 0 Å². The van der Waals surface area contributed by atoms with Crippen LogP contribution in [0, 0.1) is 11.8 Å². The van der Waals surface area contributed by atoms with Crippen LogP contribution in [-0.4, -0.2) is 17.6 Å². The van der Waals surface area contributed by atoms with E-state index in [4.69, 9.17) is 11.6 Å². The summed E-state index contributed by atoms with van der Waals surface area (Å²) in [6.07, 6.45) is 5.01. The summed E-state index contributed by atoms with van der Waals surface area (Å²) in [6, 6.07) is 4.53. The van der Waals surface area contributed by atoms with E-state index in [1.807, 2.05) is 0 Å². The van der Waals surface area contributed by atoms with E-state index in [2.05, 4.69) is 12.2 Å². The zero-order valence-electron chi connectivity index (χ0n) is 11.2. The number of aromatic hydroxyl groups is 1. The maximum absolute atomic E-state index is 12.0. The summed E-state index contributed by atoms with van der Waals surface area (Å²) in [5.41, 5.74) is 0.492. The summed E-state index contributed by atoms with van der Waals surface area (Å²) in [5, 5.41) is 12.5. The highest BCUT2D eigenvalue weighted by atomic mass is 35.5. The van der Waals surface area contributed by atoms with Crippen LogP contribution in [0.15, 0.2) is 18.2 Å². The Morgan fingerprint density at radius 1 is 1.42 bits per heavy atom. The second-order valence-electron chi connectivity index (χ2n) is 5.40. The van der Waals surface area contributed by atoms with Gasteiger partial charge in [-0.2, -0.15) is 0 Å². The lowest BCUT2D eigenvalue weighted by molar-refractivity contribution is 0.0936. The van der Waals surface area contributed by atoms with E-state index < -0.39 is 0 Å². The van der Waals surface area contributed by atoms with Gasteiger partial charge < -0.3 is 10.4 Å². The number of amides is 1. The van der Waals surface area contributed by atoms with E-state index in [0.717, 1.165) is 6.54 Å². The monoisotopic (exact) mass is 281 g/mol. The summed E-state index contributed by atoms with van der Waals surface area (Å²) < 4.78 is 0. The fourth-order valence-electron chi connectivity index (χ4n) is 2.67. The predicted octanol–water partition coefficient (Wildman–Crippen LogP) is 3.60. The highest BCUT2D eigenvalue weighted by Gasteiger charge is 2.21. The Morgan fingerprint density at radius 2 is 2.16 bits per heavy atom. The second-order valence-corrected chi connectivity index (χ2v) is 5.81. The Morgan fingerprint density at radius 3 is 2.84 bits per heavy atom. The molecule has 1 aliphatic carbocycles. The van der Waals surface area contributed by atoms with Crippen LogP contribution in [0.1, 0.15) is 43.0 Å². The van der Waals surface area contributed by atoms with Gasteiger partial charge in [-0.05, 0) is 36.5 Å². The second kappa shape index (κ2) is 6.29. The van der Waals surface area contributed by atoms with Crippen LogP contribution < -0.4 is 5.32 Å². The Bertz CT molecular complexity index is 461. The molecule has 2 N–H and O–H groups in total. The van der Waals surface area contributed by atoms with Gasteiger partial charge in [0, 0.05) is 12.1 Å². The van der Waals surface area contributed by atoms with Crippen molar-refractivity contribution in [1.29, 1.82) is 0 Å². The molecule has 1 amide bonds. The number of rotatable bonds is 3. The van der Waals surface area contributed by atoms with Crippen molar-refractivity contribution in [2.75, 3.05) is 6.54 Å². The minimum atomic E-state index is -0.125. The molecule has 1 aliphatic rings. The first kappa shape index (κ1) is 14.2. The first-order valence-electron chi connectivity index (χ1n) is 6.84. The molecule has 2 rings (SSSR count). The third-order valence-corrected chi connectivity index (χ3v) is 4.33. The minimum absolute atomic E-state index is 0.000815. The highest BCUT2D eigenvalue weighted by Crippen LogP contribution is 2.29. The molecule has 0 heterocycles. The van der Waals surface area contributed by atoms with Crippen LogP contribution in [-0.2, 0) is 0 Å². The van der Waals surface area contributed by atoms with E-state index in [9.17, 15) is 9.90 Å². The lowest BCUT2D eigenvalue weighted by Crippen LogP contribution is -2.33. The van der Waals surface area contributed by atoms with Crippen LogP contribution in [0.4, 0.5) is 0 Å². The Labute approximate surface area is 119 Å². The van der Waals surface area contributed by atoms with E-state index in [1.54, 1.807) is 6.07 Å². The molecule has 1 aromatic rings. The zero-order chi connectivity index (χ0) is 13.8. The number of carbonyl (C=O) groups is 1. The number of phenolic OH excluding ortho intramolecular Hbond substituents is 1. The van der Waals surface area contributed by atoms with Crippen molar-refractivity contribution in [3.63, 3.8) is 0 Å². The van der Waals surface area contributed by atoms with Gasteiger partial charge in [0.1, 0.15) is 5.75 Å². The lowest BCUT2D eigenvalue weighted by Gasteiger charge is -2.28. The van der Waals surface area contributed by atoms with E-state index in [1.165, 1.54) is 37.8 Å². The molecule has 19 heavy (non-hydrogen) atoms. The molecule has 104 valence electrons. The van der Waals surface area contributed by atoms with Gasteiger partial charge in [-0.15, -0.1) is 0 Å². The number of hydrogen-bond donors (Lipinski definition) is 2. The van der Waals surface area contributed by atoms with Gasteiger partial charge in [0.05, 0.1) is 5.02 Å². The van der Waals surface area contributed by atoms with Gasteiger partial charge >= 0.3 is 0 Å². The van der Waals surface area contributed by atoms with Gasteiger partial charge in [-0.3, -0.25) is 4.79 Å². The molecule has 1 saturated carbocycles. The van der Waals surface area contributed by atoms with Crippen molar-refractivity contribution in [2.24, 2.45) is 11.8 Å². The van der Waals surface area contributed by atoms with Crippen LogP contribution in [0.3, 0.4) is 0 Å². The molecule has 1 fully saturated rings. The molecule has 0 saturated heterocycles. The van der Waals surface area contributed by atoms with Crippen molar-refractivity contribution in [1.82, 2.24) is 5.32 Å². The van der Waals surface area contributed by atoms with Crippen LogP contribution in [0.5, 0.6) is 5.75 Å². The quantitative estimate of drug-likeness (QED) is 0.889. The summed E-state index contributed by atoms with van der Waals surface area (Å²) in [5.74, 6) is 1.13. The van der Waals surface area contributed by atoms with Crippen molar-refractivity contribution in [2.45, 2.75) is 32.6 Å². The largest absolute Gasteiger partial charge is 0.506 e. The van der Waals surface area contributed by atoms with Crippen LogP contribution in [0.2, 0.25) is 5.02 Å². The Hall–Kier alpha value is -1.22. The van der Waals surface area contributed by atoms with Crippen LogP contribution in [0.25, 0.3) is 0 Å². The zero-order valence-corrected chi connectivity index (χ0v) is 11.9. The first-order chi connectivity index (χ1) is 9.08. The standard InChI is InChI=1S/C15H20ClNO2/c1-10-4-2-3-5-12(10)9-17-15(19)11-6-7-14(18)13(16)8-11/h6-8,10,12,18H,2-5,9H2,1H3,(H,17,19). The van der Waals surface area contributed by atoms with E-state index >= 15 is 0 Å². The SMILES string of the molecule is CC1CCCCC1CNC(=O)c1ccc(O)c(Cl)c1. The van der Waals surface area contributed by atoms with Crippen molar-refractivity contribution < 1.29 is 9.90 Å². The molecule has 2 atom stereocenters. The molecule has 0 spiro atoms. The van der Waals surface area contributed by atoms with E-state index in [-0.39, 0.29) is 16.7 Å². The third kappa shape index (κ3) is 3.63. The normalized spacial score (nSPS) is 23.1. The average Bonchev–Trinajstić information content (AvgIpc) is 2.40. The number of hydrogen-bond acceptors (Lipinski definition) is 2. The fourth-order valence-corrected chi connectivity index (χ4v) is 2.85. The number of carbonyl (C=O) groups excluding carboxylic acids is 1. The van der Waals surface area contributed by atoms with Crippen molar-refractivity contribution >= 4 is 17.5 Å². The van der Waals surface area contributed by atoms with E-state index in [0.29, 0.717) is 17.4 Å². The van der Waals surface area contributed by atoms with Gasteiger partial charge in [0.15, 0.2) is 0 Å². The Kier molecular flexibility index (Phi) is 4.70. The van der Waals surface area contributed by atoms with Gasteiger partial charge in [0.25, 0.3) is 5.91 Å². The fraction of sp³-hybridized carbons (Fsp3) is 0.533. The summed E-state index contributed by atoms with van der Waals surface area (Å²) in [6.45, 7) is 2.98. The topological polar surface area (TPSA) is 49.3 Å². The molecule has 2 unspecified atom stereocenters. The molecule has 0 bridgehead atoms. The molecular weight excluding hydrogens is 262 g/mol. The number of halogens is 1. The smallest absolute Gasteiger partial charge is 0.251 e. The number of benzene rings is 1. The Balaban J connectivity index is 1.91. The molecule has 0 radical (unpaired) electrons. The first-order valence-corrected chi connectivity index (χ1v) is 7.22. The minimum Gasteiger partial charge on any atom is -0.506 e. The maximum Gasteiger partial charge on any atom is 0.251 e. The maximum atomic E-state index is 12.0. The summed E-state index contributed by atoms with van der Waals surface area (Å²) in [7, 11) is 0. The average molecular weight is 282 g/mol. The highest BCUT2D eigenvalue weighted by molar-refractivity contribution is 6.32. The molecule has 0 aromatic heterocycles. The predicted molar refractivity (Wildman–Crippen MR) is 76.6 cm³/mol. The van der Waals surface area contributed by atoms with Gasteiger partial charge in [0.2, 0.25) is 0 Å². The molecule has 4 heteroatoms. The summed E-state index contributed by atoms with van der Waals surface area (Å²) in [4.78, 5) is 12.0. The van der Waals surface area contributed by atoms with Crippen molar-refractivity contribution in [3.05, 3.63) is 28.8 Å². The molecule has 0 aliphatic heterocycles. The number of phenols is 1. The lowest BCUT2D eigenvalue weighted by atomic mass is 9.80. The molecule has 3 nitrogen and oxygen atoms in total. The molecule has 1 aromatic carbocycles. The number of nitrogens with one attached hydrogen (secondary N) is 1. The van der Waals surface area contributed by atoms with Crippen LogP contribution >= 0.6 is 11.6 Å².